The molecule has 0 spiro atoms. The Morgan fingerprint density at radius 2 is 2.10 bits per heavy atom. The SMILES string of the molecule is COc1nccnc1OC1CCN(C(=O)C(C)(C)CCl)C1. The zero-order valence-electron chi connectivity index (χ0n) is 12.5. The Morgan fingerprint density at radius 3 is 2.71 bits per heavy atom. The average molecular weight is 314 g/mol. The van der Waals surface area contributed by atoms with E-state index in [0.717, 1.165) is 6.42 Å². The van der Waals surface area contributed by atoms with E-state index in [1.807, 2.05) is 13.8 Å². The molecular weight excluding hydrogens is 294 g/mol. The first-order valence-electron chi connectivity index (χ1n) is 6.85. The summed E-state index contributed by atoms with van der Waals surface area (Å²) in [4.78, 5) is 22.3. The molecule has 0 aliphatic carbocycles. The predicted octanol–water partition coefficient (Wildman–Crippen LogP) is 1.73. The van der Waals surface area contributed by atoms with Crippen LogP contribution >= 0.6 is 11.6 Å². The summed E-state index contributed by atoms with van der Waals surface area (Å²) in [5.41, 5.74) is -0.555. The van der Waals surface area contributed by atoms with Crippen LogP contribution < -0.4 is 9.47 Å². The molecule has 0 radical (unpaired) electrons. The molecule has 1 fully saturated rings. The largest absolute Gasteiger partial charge is 0.477 e. The minimum atomic E-state index is -0.555. The van der Waals surface area contributed by atoms with Crippen molar-refractivity contribution >= 4 is 17.5 Å². The zero-order valence-corrected chi connectivity index (χ0v) is 13.3. The van der Waals surface area contributed by atoms with Gasteiger partial charge in [-0.1, -0.05) is 0 Å². The number of methoxy groups -OCH3 is 1. The van der Waals surface area contributed by atoms with Crippen LogP contribution in [0.4, 0.5) is 0 Å². The highest BCUT2D eigenvalue weighted by molar-refractivity contribution is 6.19. The van der Waals surface area contributed by atoms with E-state index >= 15 is 0 Å². The van der Waals surface area contributed by atoms with Gasteiger partial charge in [-0.15, -0.1) is 11.6 Å². The summed E-state index contributed by atoms with van der Waals surface area (Å²) in [7, 11) is 1.52. The summed E-state index contributed by atoms with van der Waals surface area (Å²) in [5.74, 6) is 1.06. The number of ether oxygens (including phenoxy) is 2. The molecule has 7 heteroatoms. The first kappa shape index (κ1) is 15.8. The molecule has 6 nitrogen and oxygen atoms in total. The van der Waals surface area contributed by atoms with Gasteiger partial charge in [0.1, 0.15) is 6.10 Å². The predicted molar refractivity (Wildman–Crippen MR) is 78.7 cm³/mol. The van der Waals surface area contributed by atoms with E-state index in [-0.39, 0.29) is 12.0 Å². The minimum absolute atomic E-state index is 0.0507. The average Bonchev–Trinajstić information content (AvgIpc) is 2.95. The number of rotatable bonds is 5. The lowest BCUT2D eigenvalue weighted by atomic mass is 9.94. The molecule has 1 unspecified atom stereocenters. The smallest absolute Gasteiger partial charge is 0.278 e. The van der Waals surface area contributed by atoms with Gasteiger partial charge in [-0.25, -0.2) is 9.97 Å². The topological polar surface area (TPSA) is 64.6 Å². The third kappa shape index (κ3) is 3.56. The van der Waals surface area contributed by atoms with E-state index in [2.05, 4.69) is 9.97 Å². The molecule has 21 heavy (non-hydrogen) atoms. The number of hydrogen-bond donors (Lipinski definition) is 0. The minimum Gasteiger partial charge on any atom is -0.477 e. The fourth-order valence-electron chi connectivity index (χ4n) is 2.19. The highest BCUT2D eigenvalue weighted by atomic mass is 35.5. The van der Waals surface area contributed by atoms with Crippen molar-refractivity contribution in [2.45, 2.75) is 26.4 Å². The Balaban J connectivity index is 1.98. The van der Waals surface area contributed by atoms with Crippen molar-refractivity contribution in [3.63, 3.8) is 0 Å². The Kier molecular flexibility index (Phi) is 4.88. The van der Waals surface area contributed by atoms with Crippen LogP contribution in [0.3, 0.4) is 0 Å². The zero-order chi connectivity index (χ0) is 15.5. The lowest BCUT2D eigenvalue weighted by Gasteiger charge is -2.27. The van der Waals surface area contributed by atoms with E-state index < -0.39 is 5.41 Å². The fourth-order valence-corrected chi connectivity index (χ4v) is 2.30. The van der Waals surface area contributed by atoms with Crippen LogP contribution in [0.25, 0.3) is 0 Å². The molecule has 1 amide bonds. The molecule has 2 rings (SSSR count). The number of carbonyl (C=O) groups excluding carboxylic acids is 1. The number of likely N-dealkylation sites (tertiary alicyclic amines) is 1. The molecule has 116 valence electrons. The normalized spacial score (nSPS) is 18.7. The molecule has 1 aromatic rings. The number of nitrogens with zero attached hydrogens (tertiary/aromatic N) is 3. The van der Waals surface area contributed by atoms with Crippen molar-refractivity contribution in [3.05, 3.63) is 12.4 Å². The molecule has 1 atom stereocenters. The van der Waals surface area contributed by atoms with Crippen molar-refractivity contribution in [2.24, 2.45) is 5.41 Å². The van der Waals surface area contributed by atoms with Gasteiger partial charge in [-0.3, -0.25) is 4.79 Å². The molecule has 0 aromatic carbocycles. The highest BCUT2D eigenvalue weighted by Gasteiger charge is 2.36. The summed E-state index contributed by atoms with van der Waals surface area (Å²) < 4.78 is 10.9. The number of hydrogen-bond acceptors (Lipinski definition) is 5. The van der Waals surface area contributed by atoms with Crippen LogP contribution in [0.15, 0.2) is 12.4 Å². The first-order chi connectivity index (χ1) is 9.97. The molecule has 1 aromatic heterocycles. The summed E-state index contributed by atoms with van der Waals surface area (Å²) in [5, 5.41) is 0. The van der Waals surface area contributed by atoms with Gasteiger partial charge in [0.2, 0.25) is 5.91 Å². The molecule has 2 heterocycles. The maximum Gasteiger partial charge on any atom is 0.278 e. The number of aromatic nitrogens is 2. The van der Waals surface area contributed by atoms with Crippen molar-refractivity contribution in [1.82, 2.24) is 14.9 Å². The summed E-state index contributed by atoms with van der Waals surface area (Å²) in [6.45, 7) is 4.88. The van der Waals surface area contributed by atoms with Crippen LogP contribution in [0, 0.1) is 5.41 Å². The molecule has 1 saturated heterocycles. The molecule has 0 saturated carbocycles. The van der Waals surface area contributed by atoms with Gasteiger partial charge in [-0.05, 0) is 13.8 Å². The lowest BCUT2D eigenvalue weighted by molar-refractivity contribution is -0.138. The van der Waals surface area contributed by atoms with Gasteiger partial charge in [-0.2, -0.15) is 0 Å². The van der Waals surface area contributed by atoms with E-state index in [1.165, 1.54) is 7.11 Å². The monoisotopic (exact) mass is 313 g/mol. The van der Waals surface area contributed by atoms with Crippen molar-refractivity contribution in [2.75, 3.05) is 26.1 Å². The van der Waals surface area contributed by atoms with E-state index in [4.69, 9.17) is 21.1 Å². The molecule has 0 N–H and O–H groups in total. The molecule has 1 aliphatic heterocycles. The lowest BCUT2D eigenvalue weighted by Crippen LogP contribution is -2.41. The van der Waals surface area contributed by atoms with Gasteiger partial charge in [0.25, 0.3) is 11.8 Å². The maximum atomic E-state index is 12.4. The highest BCUT2D eigenvalue weighted by Crippen LogP contribution is 2.27. The third-order valence-corrected chi connectivity index (χ3v) is 4.12. The number of carbonyl (C=O) groups is 1. The van der Waals surface area contributed by atoms with Crippen molar-refractivity contribution in [3.8, 4) is 11.8 Å². The third-order valence-electron chi connectivity index (χ3n) is 3.45. The van der Waals surface area contributed by atoms with Gasteiger partial charge >= 0.3 is 0 Å². The van der Waals surface area contributed by atoms with Crippen LogP contribution in [-0.4, -0.2) is 53.0 Å². The Morgan fingerprint density at radius 1 is 1.43 bits per heavy atom. The van der Waals surface area contributed by atoms with Crippen molar-refractivity contribution in [1.29, 1.82) is 0 Å². The van der Waals surface area contributed by atoms with E-state index in [1.54, 1.807) is 17.3 Å². The van der Waals surface area contributed by atoms with Gasteiger partial charge < -0.3 is 14.4 Å². The Hall–Kier alpha value is -1.56. The Labute approximate surface area is 129 Å². The maximum absolute atomic E-state index is 12.4. The summed E-state index contributed by atoms with van der Waals surface area (Å²) in [6.07, 6.45) is 3.74. The van der Waals surface area contributed by atoms with Crippen LogP contribution in [0.1, 0.15) is 20.3 Å². The second-order valence-corrected chi connectivity index (χ2v) is 5.94. The van der Waals surface area contributed by atoms with E-state index in [9.17, 15) is 4.79 Å². The Bertz CT molecular complexity index is 510. The number of amides is 1. The van der Waals surface area contributed by atoms with Gasteiger partial charge in [0.05, 0.1) is 19.1 Å². The quantitative estimate of drug-likeness (QED) is 0.775. The van der Waals surface area contributed by atoms with Gasteiger partial charge in [0.15, 0.2) is 0 Å². The van der Waals surface area contributed by atoms with Crippen LogP contribution in [0.5, 0.6) is 11.8 Å². The molecular formula is C14H20ClN3O3. The number of alkyl halides is 1. The van der Waals surface area contributed by atoms with Gasteiger partial charge in [0, 0.05) is 31.2 Å². The molecule has 1 aliphatic rings. The second-order valence-electron chi connectivity index (χ2n) is 5.67. The second kappa shape index (κ2) is 6.47. The summed E-state index contributed by atoms with van der Waals surface area (Å²) >= 11 is 5.86. The summed E-state index contributed by atoms with van der Waals surface area (Å²) in [6, 6.07) is 0. The van der Waals surface area contributed by atoms with Crippen LogP contribution in [-0.2, 0) is 4.79 Å². The standard InChI is InChI=1S/C14H20ClN3O3/c1-14(2,9-15)13(19)18-7-4-10(8-18)21-12-11(20-3)16-5-6-17-12/h5-6,10H,4,7-9H2,1-3H3. The fraction of sp³-hybridized carbons (Fsp3) is 0.643. The van der Waals surface area contributed by atoms with E-state index in [0.29, 0.717) is 30.7 Å². The first-order valence-corrected chi connectivity index (χ1v) is 7.38. The van der Waals surface area contributed by atoms with Crippen LogP contribution in [0.2, 0.25) is 0 Å². The van der Waals surface area contributed by atoms with Crippen molar-refractivity contribution < 1.29 is 14.3 Å². The molecule has 0 bridgehead atoms. The number of halogens is 1.